The molecule has 0 spiro atoms. The topological polar surface area (TPSA) is 203 Å². The highest BCUT2D eigenvalue weighted by Gasteiger charge is 2.51. The van der Waals surface area contributed by atoms with Crippen LogP contribution in [0.4, 0.5) is 0 Å². The zero-order valence-corrected chi connectivity index (χ0v) is 23.6. The number of esters is 4. The maximum atomic E-state index is 13.0. The van der Waals surface area contributed by atoms with Gasteiger partial charge >= 0.3 is 23.9 Å². The molecule has 0 unspecified atom stereocenters. The predicted molar refractivity (Wildman–Crippen MR) is 132 cm³/mol. The summed E-state index contributed by atoms with van der Waals surface area (Å²) in [6.45, 7) is 9.13. The molecule has 1 aromatic rings. The lowest BCUT2D eigenvalue weighted by molar-refractivity contribution is -0.261. The Bertz CT molecular complexity index is 1130. The van der Waals surface area contributed by atoms with Crippen LogP contribution in [0.3, 0.4) is 0 Å². The number of rotatable bonds is 10. The normalized spacial score (nSPS) is 23.2. The molecule has 1 fully saturated rings. The molecule has 2 rings (SSSR count). The van der Waals surface area contributed by atoms with Gasteiger partial charge in [0.2, 0.25) is 11.8 Å². The summed E-state index contributed by atoms with van der Waals surface area (Å²) in [4.78, 5) is 72.3. The second kappa shape index (κ2) is 13.3. The first-order valence-corrected chi connectivity index (χ1v) is 12.3. The van der Waals surface area contributed by atoms with Crippen molar-refractivity contribution in [2.75, 3.05) is 7.11 Å². The molecular weight excluding hydrogens is 534 g/mol. The fraction of sp³-hybridized carbons (Fsp3) is 0.667. The molecule has 1 aliphatic heterocycles. The van der Waals surface area contributed by atoms with Crippen LogP contribution in [0.5, 0.6) is 0 Å². The van der Waals surface area contributed by atoms with E-state index in [1.54, 1.807) is 6.92 Å². The molecule has 0 aliphatic carbocycles. The van der Waals surface area contributed by atoms with Crippen LogP contribution in [0.25, 0.3) is 0 Å². The molecule has 2 heterocycles. The monoisotopic (exact) mass is 569 g/mol. The van der Waals surface area contributed by atoms with Crippen molar-refractivity contribution in [3.05, 3.63) is 11.9 Å². The van der Waals surface area contributed by atoms with Gasteiger partial charge in [-0.25, -0.2) is 9.48 Å². The van der Waals surface area contributed by atoms with Crippen LogP contribution in [0.2, 0.25) is 0 Å². The number of aromatic nitrogens is 3. The number of carbonyl (C=O) groups is 6. The van der Waals surface area contributed by atoms with Gasteiger partial charge in [0.15, 0.2) is 24.5 Å². The van der Waals surface area contributed by atoms with E-state index in [0.717, 1.165) is 13.8 Å². The number of nitrogens with one attached hydrogen (secondary N) is 2. The third-order valence-electron chi connectivity index (χ3n) is 5.71. The average Bonchev–Trinajstić information content (AvgIpc) is 3.28. The minimum absolute atomic E-state index is 0.146. The van der Waals surface area contributed by atoms with E-state index in [9.17, 15) is 28.8 Å². The maximum absolute atomic E-state index is 13.0. The van der Waals surface area contributed by atoms with Crippen molar-refractivity contribution in [2.24, 2.45) is 0 Å². The lowest BCUT2D eigenvalue weighted by Gasteiger charge is -2.43. The highest BCUT2D eigenvalue weighted by molar-refractivity contribution is 5.92. The van der Waals surface area contributed by atoms with Gasteiger partial charge in [-0.2, -0.15) is 0 Å². The van der Waals surface area contributed by atoms with E-state index in [0.29, 0.717) is 0 Å². The van der Waals surface area contributed by atoms with Gasteiger partial charge in [-0.1, -0.05) is 5.21 Å². The Labute approximate surface area is 230 Å². The molecule has 0 saturated carbocycles. The quantitative estimate of drug-likeness (QED) is 0.259. The summed E-state index contributed by atoms with van der Waals surface area (Å²) in [6, 6.07) is -1.15. The molecule has 2 N–H and O–H groups in total. The fourth-order valence-corrected chi connectivity index (χ4v) is 4.10. The second-order valence-corrected chi connectivity index (χ2v) is 9.71. The molecule has 16 heteroatoms. The Morgan fingerprint density at radius 3 is 2.05 bits per heavy atom. The first kappa shape index (κ1) is 32.1. The second-order valence-electron chi connectivity index (χ2n) is 9.71. The first-order valence-electron chi connectivity index (χ1n) is 12.3. The molecule has 222 valence electrons. The highest BCUT2D eigenvalue weighted by Crippen LogP contribution is 2.34. The zero-order chi connectivity index (χ0) is 30.4. The Balaban J connectivity index is 2.38. The van der Waals surface area contributed by atoms with Crippen LogP contribution in [0, 0.1) is 0 Å². The lowest BCUT2D eigenvalue weighted by atomic mass is 9.98. The molecule has 0 aromatic carbocycles. The SMILES string of the molecule is COC(=O)C(C)(C)NC(=O)[C@H](Cc1cn([C@@H]2O[C@H](C)[C@H](OC(C)=O)[C@H](OC(C)=O)[C@H]2OC(C)=O)nn1)NC(C)=O. The van der Waals surface area contributed by atoms with Gasteiger partial charge in [0.05, 0.1) is 25.1 Å². The number of hydrogen-bond donors (Lipinski definition) is 2. The molecular formula is C24H35N5O11. The van der Waals surface area contributed by atoms with Crippen LogP contribution in [0.1, 0.15) is 60.4 Å². The van der Waals surface area contributed by atoms with Crippen molar-refractivity contribution in [1.29, 1.82) is 0 Å². The van der Waals surface area contributed by atoms with E-state index in [2.05, 4.69) is 20.9 Å². The molecule has 1 aromatic heterocycles. The summed E-state index contributed by atoms with van der Waals surface area (Å²) in [7, 11) is 1.18. The van der Waals surface area contributed by atoms with E-state index in [4.69, 9.17) is 23.7 Å². The van der Waals surface area contributed by atoms with Gasteiger partial charge in [-0.15, -0.1) is 5.10 Å². The van der Waals surface area contributed by atoms with E-state index >= 15 is 0 Å². The van der Waals surface area contributed by atoms with E-state index in [1.807, 2.05) is 0 Å². The third kappa shape index (κ3) is 8.46. The Morgan fingerprint density at radius 2 is 1.52 bits per heavy atom. The van der Waals surface area contributed by atoms with E-state index in [1.165, 1.54) is 45.7 Å². The summed E-state index contributed by atoms with van der Waals surface area (Å²) in [5.41, 5.74) is -1.16. The van der Waals surface area contributed by atoms with Crippen molar-refractivity contribution < 1.29 is 52.5 Å². The molecule has 1 saturated heterocycles. The van der Waals surface area contributed by atoms with Gasteiger partial charge in [-0.3, -0.25) is 24.0 Å². The number of ether oxygens (including phenoxy) is 5. The summed E-state index contributed by atoms with van der Waals surface area (Å²) in [6.07, 6.45) is -4.42. The molecule has 6 atom stereocenters. The largest absolute Gasteiger partial charge is 0.467 e. The Kier molecular flexibility index (Phi) is 10.7. The van der Waals surface area contributed by atoms with Gasteiger partial charge in [0.1, 0.15) is 11.6 Å². The van der Waals surface area contributed by atoms with Gasteiger partial charge in [0.25, 0.3) is 0 Å². The van der Waals surface area contributed by atoms with Crippen molar-refractivity contribution in [2.45, 2.75) is 97.1 Å². The van der Waals surface area contributed by atoms with E-state index in [-0.39, 0.29) is 12.1 Å². The van der Waals surface area contributed by atoms with E-state index < -0.39 is 77.9 Å². The van der Waals surface area contributed by atoms with Crippen LogP contribution >= 0.6 is 0 Å². The predicted octanol–water partition coefficient (Wildman–Crippen LogP) is -0.894. The van der Waals surface area contributed by atoms with Crippen molar-refractivity contribution >= 4 is 35.7 Å². The minimum atomic E-state index is -1.38. The number of amides is 2. The number of hydrogen-bond acceptors (Lipinski definition) is 13. The van der Waals surface area contributed by atoms with Crippen LogP contribution in [0.15, 0.2) is 6.20 Å². The molecule has 1 aliphatic rings. The highest BCUT2D eigenvalue weighted by atomic mass is 16.7. The van der Waals surface area contributed by atoms with Crippen LogP contribution in [-0.2, 0) is 58.9 Å². The summed E-state index contributed by atoms with van der Waals surface area (Å²) in [5, 5.41) is 13.1. The third-order valence-corrected chi connectivity index (χ3v) is 5.71. The average molecular weight is 570 g/mol. The number of methoxy groups -OCH3 is 1. The molecule has 40 heavy (non-hydrogen) atoms. The van der Waals surface area contributed by atoms with Crippen molar-refractivity contribution in [3.8, 4) is 0 Å². The van der Waals surface area contributed by atoms with Gasteiger partial charge < -0.3 is 34.3 Å². The zero-order valence-electron chi connectivity index (χ0n) is 23.6. The summed E-state index contributed by atoms with van der Waals surface area (Å²) >= 11 is 0. The maximum Gasteiger partial charge on any atom is 0.330 e. The van der Waals surface area contributed by atoms with Crippen molar-refractivity contribution in [3.63, 3.8) is 0 Å². The Morgan fingerprint density at radius 1 is 0.975 bits per heavy atom. The molecule has 16 nitrogen and oxygen atoms in total. The molecule has 0 radical (unpaired) electrons. The van der Waals surface area contributed by atoms with Crippen LogP contribution in [-0.4, -0.2) is 93.8 Å². The van der Waals surface area contributed by atoms with Gasteiger partial charge in [-0.05, 0) is 20.8 Å². The van der Waals surface area contributed by atoms with Gasteiger partial charge in [0, 0.05) is 34.1 Å². The molecule has 2 amide bonds. The summed E-state index contributed by atoms with van der Waals surface area (Å²) in [5.74, 6) is -4.00. The first-order chi connectivity index (χ1) is 18.5. The lowest BCUT2D eigenvalue weighted by Crippen LogP contribution is -2.58. The van der Waals surface area contributed by atoms with Crippen LogP contribution < -0.4 is 10.6 Å². The minimum Gasteiger partial charge on any atom is -0.467 e. The molecule has 0 bridgehead atoms. The number of carbonyl (C=O) groups excluding carboxylic acids is 6. The van der Waals surface area contributed by atoms with Crippen molar-refractivity contribution in [1.82, 2.24) is 25.6 Å². The fourth-order valence-electron chi connectivity index (χ4n) is 4.10. The number of nitrogens with zero attached hydrogens (tertiary/aromatic N) is 3. The Hall–Kier alpha value is -4.08. The standard InChI is InChI=1S/C24H35N5O11/c1-11-18(38-13(3)31)19(39-14(4)32)20(40-15(5)33)22(37-11)29-10-16(27-28-29)9-17(25-12(2)30)21(34)26-24(6,7)23(35)36-8/h10-11,17-20,22H,9H2,1-8H3,(H,25,30)(H,26,34)/t11-,17+,18+,19+,20-,22-/m1/s1. The summed E-state index contributed by atoms with van der Waals surface area (Å²) < 4.78 is 28.0. The smallest absolute Gasteiger partial charge is 0.330 e.